The highest BCUT2D eigenvalue weighted by molar-refractivity contribution is 4.73. The zero-order valence-corrected chi connectivity index (χ0v) is 11.8. The number of aliphatic hydroxyl groups excluding tert-OH is 1. The standard InChI is InChI=1S/C15H29NO2/c1-13-7-9-16(10-8-13)11-14(17)12-18-15-5-3-2-4-6-15/h13-15,17H,2-12H2,1H3/t14-/m1/s1. The predicted molar refractivity (Wildman–Crippen MR) is 73.7 cm³/mol. The minimum Gasteiger partial charge on any atom is -0.389 e. The number of hydrogen-bond acceptors (Lipinski definition) is 3. The summed E-state index contributed by atoms with van der Waals surface area (Å²) in [7, 11) is 0. The Hall–Kier alpha value is -0.120. The van der Waals surface area contributed by atoms with Gasteiger partial charge in [-0.15, -0.1) is 0 Å². The largest absolute Gasteiger partial charge is 0.389 e. The molecular weight excluding hydrogens is 226 g/mol. The van der Waals surface area contributed by atoms with Crippen LogP contribution in [0.15, 0.2) is 0 Å². The minimum atomic E-state index is -0.305. The molecule has 0 aromatic heterocycles. The lowest BCUT2D eigenvalue weighted by atomic mass is 9.98. The highest BCUT2D eigenvalue weighted by Gasteiger charge is 2.20. The highest BCUT2D eigenvalue weighted by Crippen LogP contribution is 2.20. The summed E-state index contributed by atoms with van der Waals surface area (Å²) in [5, 5.41) is 10.0. The molecule has 106 valence electrons. The van der Waals surface area contributed by atoms with Gasteiger partial charge < -0.3 is 14.7 Å². The van der Waals surface area contributed by atoms with E-state index in [0.717, 1.165) is 25.6 Å². The fraction of sp³-hybridized carbons (Fsp3) is 1.00. The zero-order chi connectivity index (χ0) is 12.8. The molecule has 1 N–H and O–H groups in total. The van der Waals surface area contributed by atoms with Crippen LogP contribution in [0.25, 0.3) is 0 Å². The monoisotopic (exact) mass is 255 g/mol. The second-order valence-electron chi connectivity index (χ2n) is 6.23. The van der Waals surface area contributed by atoms with Crippen molar-refractivity contribution in [3.05, 3.63) is 0 Å². The number of aliphatic hydroxyl groups is 1. The van der Waals surface area contributed by atoms with Gasteiger partial charge in [0.05, 0.1) is 18.8 Å². The van der Waals surface area contributed by atoms with Gasteiger partial charge in [0.1, 0.15) is 0 Å². The smallest absolute Gasteiger partial charge is 0.0900 e. The molecule has 0 aromatic carbocycles. The van der Waals surface area contributed by atoms with Crippen LogP contribution in [-0.4, -0.2) is 48.5 Å². The van der Waals surface area contributed by atoms with E-state index in [1.54, 1.807) is 0 Å². The number of rotatable bonds is 5. The molecular formula is C15H29NO2. The van der Waals surface area contributed by atoms with Gasteiger partial charge in [0.2, 0.25) is 0 Å². The average Bonchev–Trinajstić information content (AvgIpc) is 2.40. The van der Waals surface area contributed by atoms with Crippen molar-refractivity contribution in [1.29, 1.82) is 0 Å². The molecule has 1 heterocycles. The lowest BCUT2D eigenvalue weighted by Gasteiger charge is -2.32. The maximum Gasteiger partial charge on any atom is 0.0900 e. The Labute approximate surface area is 112 Å². The van der Waals surface area contributed by atoms with E-state index in [4.69, 9.17) is 4.74 Å². The summed E-state index contributed by atoms with van der Waals surface area (Å²) in [6, 6.07) is 0. The van der Waals surface area contributed by atoms with Crippen molar-refractivity contribution in [3.8, 4) is 0 Å². The molecule has 1 saturated heterocycles. The van der Waals surface area contributed by atoms with Crippen molar-refractivity contribution in [2.24, 2.45) is 5.92 Å². The SMILES string of the molecule is CC1CCN(C[C@@H](O)COC2CCCCC2)CC1. The summed E-state index contributed by atoms with van der Waals surface area (Å²) in [6.07, 6.45) is 8.98. The van der Waals surface area contributed by atoms with Gasteiger partial charge >= 0.3 is 0 Å². The summed E-state index contributed by atoms with van der Waals surface area (Å²) < 4.78 is 5.83. The summed E-state index contributed by atoms with van der Waals surface area (Å²) in [6.45, 7) is 5.92. The molecule has 3 heteroatoms. The third kappa shape index (κ3) is 4.87. The number of ether oxygens (including phenoxy) is 1. The summed E-state index contributed by atoms with van der Waals surface area (Å²) >= 11 is 0. The van der Waals surface area contributed by atoms with Crippen LogP contribution in [-0.2, 0) is 4.74 Å². The highest BCUT2D eigenvalue weighted by atomic mass is 16.5. The quantitative estimate of drug-likeness (QED) is 0.819. The summed E-state index contributed by atoms with van der Waals surface area (Å²) in [5.41, 5.74) is 0. The van der Waals surface area contributed by atoms with E-state index in [-0.39, 0.29) is 6.10 Å². The normalized spacial score (nSPS) is 26.3. The van der Waals surface area contributed by atoms with Crippen molar-refractivity contribution >= 4 is 0 Å². The van der Waals surface area contributed by atoms with E-state index in [2.05, 4.69) is 11.8 Å². The maximum atomic E-state index is 10.0. The Balaban J connectivity index is 1.58. The third-order valence-corrected chi connectivity index (χ3v) is 4.42. The molecule has 3 nitrogen and oxygen atoms in total. The van der Waals surface area contributed by atoms with E-state index < -0.39 is 0 Å². The van der Waals surface area contributed by atoms with E-state index in [1.165, 1.54) is 44.9 Å². The van der Waals surface area contributed by atoms with Gasteiger partial charge in [0.25, 0.3) is 0 Å². The summed E-state index contributed by atoms with van der Waals surface area (Å²) in [4.78, 5) is 2.38. The van der Waals surface area contributed by atoms with Crippen molar-refractivity contribution < 1.29 is 9.84 Å². The van der Waals surface area contributed by atoms with Crippen molar-refractivity contribution in [2.75, 3.05) is 26.2 Å². The van der Waals surface area contributed by atoms with Crippen LogP contribution in [0.1, 0.15) is 51.9 Å². The molecule has 0 bridgehead atoms. The second kappa shape index (κ2) is 7.46. The van der Waals surface area contributed by atoms with E-state index in [1.807, 2.05) is 0 Å². The number of β-amino-alcohol motifs (C(OH)–C–C–N with tert-alkyl or cyclic N) is 1. The predicted octanol–water partition coefficient (Wildman–Crippen LogP) is 2.43. The molecule has 0 radical (unpaired) electrons. The van der Waals surface area contributed by atoms with Crippen molar-refractivity contribution in [2.45, 2.75) is 64.1 Å². The zero-order valence-electron chi connectivity index (χ0n) is 11.8. The molecule has 1 aliphatic heterocycles. The first-order chi connectivity index (χ1) is 8.74. The van der Waals surface area contributed by atoms with E-state index >= 15 is 0 Å². The van der Waals surface area contributed by atoms with E-state index in [0.29, 0.717) is 12.7 Å². The molecule has 2 fully saturated rings. The van der Waals surface area contributed by atoms with Crippen LogP contribution in [0.2, 0.25) is 0 Å². The van der Waals surface area contributed by atoms with Crippen molar-refractivity contribution in [1.82, 2.24) is 4.90 Å². The Morgan fingerprint density at radius 1 is 1.11 bits per heavy atom. The molecule has 1 saturated carbocycles. The van der Waals surface area contributed by atoms with Gasteiger partial charge in [-0.2, -0.15) is 0 Å². The minimum absolute atomic E-state index is 0.305. The van der Waals surface area contributed by atoms with Crippen LogP contribution in [0, 0.1) is 5.92 Å². The molecule has 0 aromatic rings. The van der Waals surface area contributed by atoms with Gasteiger partial charge in [-0.25, -0.2) is 0 Å². The fourth-order valence-electron chi connectivity index (χ4n) is 3.07. The lowest BCUT2D eigenvalue weighted by Crippen LogP contribution is -2.40. The molecule has 18 heavy (non-hydrogen) atoms. The Morgan fingerprint density at radius 3 is 2.44 bits per heavy atom. The number of nitrogens with zero attached hydrogens (tertiary/aromatic N) is 1. The average molecular weight is 255 g/mol. The molecule has 0 amide bonds. The molecule has 1 atom stereocenters. The van der Waals surface area contributed by atoms with Gasteiger partial charge in [-0.05, 0) is 44.7 Å². The van der Waals surface area contributed by atoms with Crippen LogP contribution in [0.3, 0.4) is 0 Å². The van der Waals surface area contributed by atoms with Crippen molar-refractivity contribution in [3.63, 3.8) is 0 Å². The number of hydrogen-bond donors (Lipinski definition) is 1. The first-order valence-corrected chi connectivity index (χ1v) is 7.76. The van der Waals surface area contributed by atoms with Crippen LogP contribution in [0.4, 0.5) is 0 Å². The topological polar surface area (TPSA) is 32.7 Å². The van der Waals surface area contributed by atoms with Gasteiger partial charge in [-0.3, -0.25) is 0 Å². The van der Waals surface area contributed by atoms with Gasteiger partial charge in [-0.1, -0.05) is 26.2 Å². The molecule has 0 spiro atoms. The fourth-order valence-corrected chi connectivity index (χ4v) is 3.07. The van der Waals surface area contributed by atoms with E-state index in [9.17, 15) is 5.11 Å². The lowest BCUT2D eigenvalue weighted by molar-refractivity contribution is -0.0355. The number of likely N-dealkylation sites (tertiary alicyclic amines) is 1. The van der Waals surface area contributed by atoms with Gasteiger partial charge in [0, 0.05) is 6.54 Å². The maximum absolute atomic E-state index is 10.0. The Morgan fingerprint density at radius 2 is 1.78 bits per heavy atom. The molecule has 0 unspecified atom stereocenters. The molecule has 1 aliphatic carbocycles. The third-order valence-electron chi connectivity index (χ3n) is 4.42. The Kier molecular flexibility index (Phi) is 5.93. The first kappa shape index (κ1) is 14.3. The van der Waals surface area contributed by atoms with Gasteiger partial charge in [0.15, 0.2) is 0 Å². The second-order valence-corrected chi connectivity index (χ2v) is 6.23. The number of piperidine rings is 1. The molecule has 2 aliphatic rings. The van der Waals surface area contributed by atoms with Crippen LogP contribution >= 0.6 is 0 Å². The van der Waals surface area contributed by atoms with Crippen LogP contribution in [0.5, 0.6) is 0 Å². The Bertz CT molecular complexity index is 221. The summed E-state index contributed by atoms with van der Waals surface area (Å²) in [5.74, 6) is 0.858. The molecule has 2 rings (SSSR count). The van der Waals surface area contributed by atoms with Crippen LogP contribution < -0.4 is 0 Å². The first-order valence-electron chi connectivity index (χ1n) is 7.76.